The molecule has 0 aromatic carbocycles. The summed E-state index contributed by atoms with van der Waals surface area (Å²) in [6.07, 6.45) is 3.72. The quantitative estimate of drug-likeness (QED) is 0.653. The molecule has 4 heteroatoms. The molecule has 1 heterocycles. The first-order chi connectivity index (χ1) is 7.72. The number of nitrogens with one attached hydrogen (secondary N) is 2. The number of carbonyl (C=O) groups is 1. The molecule has 2 N–H and O–H groups in total. The minimum Gasteiger partial charge on any atom is -0.355 e. The lowest BCUT2D eigenvalue weighted by Gasteiger charge is -2.32. The van der Waals surface area contributed by atoms with E-state index < -0.39 is 0 Å². The largest absolute Gasteiger partial charge is 0.355 e. The van der Waals surface area contributed by atoms with Crippen LogP contribution in [0.25, 0.3) is 0 Å². The first-order valence-corrected chi connectivity index (χ1v) is 6.42. The van der Waals surface area contributed by atoms with Crippen LogP contribution in [-0.4, -0.2) is 49.6 Å². The van der Waals surface area contributed by atoms with Crippen molar-refractivity contribution in [3.8, 4) is 0 Å². The highest BCUT2D eigenvalue weighted by atomic mass is 16.1. The number of nitrogens with zero attached hydrogens (tertiary/aromatic N) is 1. The molecule has 0 spiro atoms. The smallest absolute Gasteiger partial charge is 0.216 e. The van der Waals surface area contributed by atoms with Crippen LogP contribution in [0.15, 0.2) is 0 Å². The fraction of sp³-hybridized carbons (Fsp3) is 0.917. The van der Waals surface area contributed by atoms with Gasteiger partial charge >= 0.3 is 0 Å². The molecule has 16 heavy (non-hydrogen) atoms. The van der Waals surface area contributed by atoms with Gasteiger partial charge in [0, 0.05) is 26.1 Å². The van der Waals surface area contributed by atoms with Gasteiger partial charge in [0.25, 0.3) is 0 Å². The zero-order valence-corrected chi connectivity index (χ0v) is 10.6. The van der Waals surface area contributed by atoms with Crippen LogP contribution in [-0.2, 0) is 4.79 Å². The Kier molecular flexibility index (Phi) is 6.42. The molecule has 94 valence electrons. The van der Waals surface area contributed by atoms with Crippen molar-refractivity contribution in [3.05, 3.63) is 0 Å². The van der Waals surface area contributed by atoms with Crippen molar-refractivity contribution >= 4 is 5.91 Å². The van der Waals surface area contributed by atoms with Crippen LogP contribution in [0.2, 0.25) is 0 Å². The van der Waals surface area contributed by atoms with Gasteiger partial charge in [0.15, 0.2) is 0 Å². The topological polar surface area (TPSA) is 44.4 Å². The maximum Gasteiger partial charge on any atom is 0.216 e. The van der Waals surface area contributed by atoms with E-state index in [4.69, 9.17) is 0 Å². The third-order valence-electron chi connectivity index (χ3n) is 3.06. The SMILES string of the molecule is CCCN1CCC(NCCNC(C)=O)CC1. The van der Waals surface area contributed by atoms with Crippen molar-refractivity contribution in [1.82, 2.24) is 15.5 Å². The number of amides is 1. The maximum absolute atomic E-state index is 10.7. The molecule has 1 amide bonds. The molecular formula is C12H25N3O. The van der Waals surface area contributed by atoms with E-state index in [1.54, 1.807) is 6.92 Å². The maximum atomic E-state index is 10.7. The molecule has 0 aromatic heterocycles. The zero-order valence-electron chi connectivity index (χ0n) is 10.6. The average Bonchev–Trinajstić information content (AvgIpc) is 2.27. The molecule has 1 aliphatic rings. The summed E-state index contributed by atoms with van der Waals surface area (Å²) in [5.74, 6) is 0.0552. The highest BCUT2D eigenvalue weighted by Crippen LogP contribution is 2.09. The van der Waals surface area contributed by atoms with Crippen LogP contribution in [0.5, 0.6) is 0 Å². The number of piperidine rings is 1. The molecule has 1 aliphatic heterocycles. The Labute approximate surface area is 98.8 Å². The first kappa shape index (κ1) is 13.5. The minimum absolute atomic E-state index is 0.0552. The number of likely N-dealkylation sites (tertiary alicyclic amines) is 1. The van der Waals surface area contributed by atoms with Gasteiger partial charge in [-0.3, -0.25) is 4.79 Å². The summed E-state index contributed by atoms with van der Waals surface area (Å²) in [6, 6.07) is 0.641. The third kappa shape index (κ3) is 5.47. The highest BCUT2D eigenvalue weighted by molar-refractivity contribution is 5.72. The molecule has 0 bridgehead atoms. The Morgan fingerprint density at radius 1 is 1.31 bits per heavy atom. The van der Waals surface area contributed by atoms with Crippen LogP contribution in [0.1, 0.15) is 33.1 Å². The van der Waals surface area contributed by atoms with E-state index in [0.717, 1.165) is 13.1 Å². The number of rotatable bonds is 6. The van der Waals surface area contributed by atoms with Gasteiger partial charge in [-0.05, 0) is 38.9 Å². The van der Waals surface area contributed by atoms with Crippen molar-refractivity contribution in [3.63, 3.8) is 0 Å². The van der Waals surface area contributed by atoms with Crippen molar-refractivity contribution in [2.75, 3.05) is 32.7 Å². The molecular weight excluding hydrogens is 202 g/mol. The first-order valence-electron chi connectivity index (χ1n) is 6.42. The van der Waals surface area contributed by atoms with Crippen LogP contribution in [0.3, 0.4) is 0 Å². The van der Waals surface area contributed by atoms with Crippen LogP contribution < -0.4 is 10.6 Å². The molecule has 0 aromatic rings. The molecule has 0 atom stereocenters. The summed E-state index contributed by atoms with van der Waals surface area (Å²) in [6.45, 7) is 9.08. The Hall–Kier alpha value is -0.610. The molecule has 1 rings (SSSR count). The lowest BCUT2D eigenvalue weighted by Crippen LogP contribution is -2.44. The fourth-order valence-corrected chi connectivity index (χ4v) is 2.19. The molecule has 0 aliphatic carbocycles. The summed E-state index contributed by atoms with van der Waals surface area (Å²) in [7, 11) is 0. The van der Waals surface area contributed by atoms with E-state index in [9.17, 15) is 4.79 Å². The van der Waals surface area contributed by atoms with Crippen LogP contribution in [0, 0.1) is 0 Å². The number of carbonyl (C=O) groups excluding carboxylic acids is 1. The summed E-state index contributed by atoms with van der Waals surface area (Å²) < 4.78 is 0. The second kappa shape index (κ2) is 7.63. The molecule has 0 radical (unpaired) electrons. The van der Waals surface area contributed by atoms with Crippen molar-refractivity contribution in [1.29, 1.82) is 0 Å². The monoisotopic (exact) mass is 227 g/mol. The molecule has 0 saturated carbocycles. The Bertz CT molecular complexity index is 200. The van der Waals surface area contributed by atoms with Crippen molar-refractivity contribution in [2.24, 2.45) is 0 Å². The molecule has 1 fully saturated rings. The van der Waals surface area contributed by atoms with Gasteiger partial charge in [-0.2, -0.15) is 0 Å². The lowest BCUT2D eigenvalue weighted by atomic mass is 10.1. The Balaban J connectivity index is 2.01. The van der Waals surface area contributed by atoms with E-state index in [1.165, 1.54) is 38.9 Å². The molecule has 0 unspecified atom stereocenters. The average molecular weight is 227 g/mol. The second-order valence-electron chi connectivity index (χ2n) is 4.55. The predicted octanol–water partition coefficient (Wildman–Crippen LogP) is 0.587. The molecule has 1 saturated heterocycles. The van der Waals surface area contributed by atoms with Gasteiger partial charge in [-0.1, -0.05) is 6.92 Å². The summed E-state index contributed by atoms with van der Waals surface area (Å²) in [5.41, 5.74) is 0. The highest BCUT2D eigenvalue weighted by Gasteiger charge is 2.17. The predicted molar refractivity (Wildman–Crippen MR) is 66.4 cm³/mol. The van der Waals surface area contributed by atoms with Gasteiger partial charge in [0.1, 0.15) is 0 Å². The lowest BCUT2D eigenvalue weighted by molar-refractivity contribution is -0.118. The second-order valence-corrected chi connectivity index (χ2v) is 4.55. The summed E-state index contributed by atoms with van der Waals surface area (Å²) in [5, 5.41) is 6.30. The van der Waals surface area contributed by atoms with E-state index >= 15 is 0 Å². The third-order valence-corrected chi connectivity index (χ3v) is 3.06. The van der Waals surface area contributed by atoms with Gasteiger partial charge < -0.3 is 15.5 Å². The van der Waals surface area contributed by atoms with E-state index in [-0.39, 0.29) is 5.91 Å². The van der Waals surface area contributed by atoms with Gasteiger partial charge in [0.2, 0.25) is 5.91 Å². The van der Waals surface area contributed by atoms with Crippen LogP contribution >= 0.6 is 0 Å². The Morgan fingerprint density at radius 3 is 2.56 bits per heavy atom. The molecule has 4 nitrogen and oxygen atoms in total. The van der Waals surface area contributed by atoms with Crippen LogP contribution in [0.4, 0.5) is 0 Å². The fourth-order valence-electron chi connectivity index (χ4n) is 2.19. The zero-order chi connectivity index (χ0) is 11.8. The van der Waals surface area contributed by atoms with E-state index in [0.29, 0.717) is 6.04 Å². The van der Waals surface area contributed by atoms with Crippen molar-refractivity contribution in [2.45, 2.75) is 39.2 Å². The Morgan fingerprint density at radius 2 is 2.00 bits per heavy atom. The van der Waals surface area contributed by atoms with Gasteiger partial charge in [-0.25, -0.2) is 0 Å². The van der Waals surface area contributed by atoms with E-state index in [1.807, 2.05) is 0 Å². The minimum atomic E-state index is 0.0552. The normalized spacial score (nSPS) is 18.6. The van der Waals surface area contributed by atoms with E-state index in [2.05, 4.69) is 22.5 Å². The standard InChI is InChI=1S/C12H25N3O/c1-3-8-15-9-4-12(5-10-15)14-7-6-13-11(2)16/h12,14H,3-10H2,1-2H3,(H,13,16). The van der Waals surface area contributed by atoms with Gasteiger partial charge in [0.05, 0.1) is 0 Å². The van der Waals surface area contributed by atoms with Gasteiger partial charge in [-0.15, -0.1) is 0 Å². The summed E-state index contributed by atoms with van der Waals surface area (Å²) >= 11 is 0. The number of hydrogen-bond acceptors (Lipinski definition) is 3. The number of hydrogen-bond donors (Lipinski definition) is 2. The summed E-state index contributed by atoms with van der Waals surface area (Å²) in [4.78, 5) is 13.2. The van der Waals surface area contributed by atoms with Crippen molar-refractivity contribution < 1.29 is 4.79 Å².